The molecule has 1 fully saturated rings. The second-order valence-corrected chi connectivity index (χ2v) is 6.39. The number of piperidine rings is 1. The molecule has 1 aromatic heterocycles. The Balaban J connectivity index is 1.94. The Kier molecular flexibility index (Phi) is 4.95. The van der Waals surface area contributed by atoms with Crippen LogP contribution in [0.5, 0.6) is 0 Å². The highest BCUT2D eigenvalue weighted by molar-refractivity contribution is 5.90. The van der Waals surface area contributed by atoms with Gasteiger partial charge in [-0.15, -0.1) is 0 Å². The molecule has 2 rings (SSSR count). The number of ether oxygens (including phenoxy) is 1. The summed E-state index contributed by atoms with van der Waals surface area (Å²) in [6.07, 6.45) is 2.06. The van der Waals surface area contributed by atoms with E-state index in [2.05, 4.69) is 20.7 Å². The highest BCUT2D eigenvalue weighted by atomic mass is 16.5. The minimum Gasteiger partial charge on any atom is -0.366 e. The SMILES string of the molecule is Cn1nc(C2CCNCC2)nc1NC(=O)COC(C)(C)C. The first-order valence-electron chi connectivity index (χ1n) is 7.40. The van der Waals surface area contributed by atoms with Crippen molar-refractivity contribution in [1.82, 2.24) is 20.1 Å². The van der Waals surface area contributed by atoms with Gasteiger partial charge in [0, 0.05) is 13.0 Å². The fourth-order valence-electron chi connectivity index (χ4n) is 2.21. The van der Waals surface area contributed by atoms with Gasteiger partial charge in [0.1, 0.15) is 6.61 Å². The van der Waals surface area contributed by atoms with Crippen LogP contribution in [-0.4, -0.2) is 46.0 Å². The van der Waals surface area contributed by atoms with Crippen LogP contribution in [0, 0.1) is 0 Å². The Hall–Kier alpha value is -1.47. The number of amides is 1. The third kappa shape index (κ3) is 4.78. The van der Waals surface area contributed by atoms with Crippen LogP contribution in [0.25, 0.3) is 0 Å². The van der Waals surface area contributed by atoms with Crippen LogP contribution in [0.15, 0.2) is 0 Å². The molecule has 21 heavy (non-hydrogen) atoms. The van der Waals surface area contributed by atoms with Gasteiger partial charge in [-0.1, -0.05) is 0 Å². The second-order valence-electron chi connectivity index (χ2n) is 6.39. The molecule has 0 unspecified atom stereocenters. The standard InChI is InChI=1S/C14H25N5O2/c1-14(2,3)21-9-11(20)16-13-17-12(18-19(13)4)10-5-7-15-8-6-10/h10,15H,5-9H2,1-4H3,(H,16,17,18,20). The van der Waals surface area contributed by atoms with E-state index >= 15 is 0 Å². The topological polar surface area (TPSA) is 81.1 Å². The maximum Gasteiger partial charge on any atom is 0.252 e. The van der Waals surface area contributed by atoms with Crippen molar-refractivity contribution in [3.8, 4) is 0 Å². The lowest BCUT2D eigenvalue weighted by Gasteiger charge is -2.19. The quantitative estimate of drug-likeness (QED) is 0.867. The molecule has 1 saturated heterocycles. The number of aryl methyl sites for hydroxylation is 1. The number of nitrogens with one attached hydrogen (secondary N) is 2. The van der Waals surface area contributed by atoms with Crippen LogP contribution in [0.4, 0.5) is 5.95 Å². The van der Waals surface area contributed by atoms with Gasteiger partial charge in [0.25, 0.3) is 5.91 Å². The number of hydrogen-bond acceptors (Lipinski definition) is 5. The lowest BCUT2D eigenvalue weighted by atomic mass is 9.98. The molecule has 7 nitrogen and oxygen atoms in total. The van der Waals surface area contributed by atoms with E-state index in [1.54, 1.807) is 11.7 Å². The lowest BCUT2D eigenvalue weighted by Crippen LogP contribution is -2.28. The van der Waals surface area contributed by atoms with Crippen molar-refractivity contribution in [3.63, 3.8) is 0 Å². The summed E-state index contributed by atoms with van der Waals surface area (Å²) in [5.41, 5.74) is -0.336. The molecule has 1 aliphatic rings. The molecule has 118 valence electrons. The van der Waals surface area contributed by atoms with Crippen molar-refractivity contribution in [2.45, 2.75) is 45.1 Å². The molecule has 1 aliphatic heterocycles. The van der Waals surface area contributed by atoms with Crippen LogP contribution < -0.4 is 10.6 Å². The van der Waals surface area contributed by atoms with E-state index in [9.17, 15) is 4.79 Å². The number of hydrogen-bond donors (Lipinski definition) is 2. The van der Waals surface area contributed by atoms with E-state index in [-0.39, 0.29) is 18.1 Å². The molecule has 1 aromatic rings. The van der Waals surface area contributed by atoms with Gasteiger partial charge in [0.15, 0.2) is 5.82 Å². The molecule has 2 N–H and O–H groups in total. The second kappa shape index (κ2) is 6.53. The number of carbonyl (C=O) groups excluding carboxylic acids is 1. The van der Waals surface area contributed by atoms with E-state index in [0.717, 1.165) is 31.8 Å². The Morgan fingerprint density at radius 2 is 2.10 bits per heavy atom. The molecule has 1 amide bonds. The highest BCUT2D eigenvalue weighted by Crippen LogP contribution is 2.23. The van der Waals surface area contributed by atoms with Crippen LogP contribution in [-0.2, 0) is 16.6 Å². The van der Waals surface area contributed by atoms with Crippen LogP contribution in [0.1, 0.15) is 45.4 Å². The first-order chi connectivity index (χ1) is 9.85. The summed E-state index contributed by atoms with van der Waals surface area (Å²) in [6, 6.07) is 0. The molecule has 0 spiro atoms. The molecule has 0 aliphatic carbocycles. The average Bonchev–Trinajstić information content (AvgIpc) is 2.78. The number of carbonyl (C=O) groups is 1. The van der Waals surface area contributed by atoms with Gasteiger partial charge in [-0.2, -0.15) is 10.1 Å². The van der Waals surface area contributed by atoms with Crippen LogP contribution in [0.3, 0.4) is 0 Å². The van der Waals surface area contributed by atoms with Crippen molar-refractivity contribution in [2.24, 2.45) is 7.05 Å². The largest absolute Gasteiger partial charge is 0.366 e. The predicted octanol–water partition coefficient (Wildman–Crippen LogP) is 1.04. The summed E-state index contributed by atoms with van der Waals surface area (Å²) in [4.78, 5) is 16.3. The normalized spacial score (nSPS) is 17.0. The van der Waals surface area contributed by atoms with E-state index < -0.39 is 0 Å². The molecular weight excluding hydrogens is 270 g/mol. The van der Waals surface area contributed by atoms with Gasteiger partial charge in [-0.3, -0.25) is 10.1 Å². The predicted molar refractivity (Wildman–Crippen MR) is 80.2 cm³/mol. The minimum atomic E-state index is -0.336. The molecule has 0 aromatic carbocycles. The van der Waals surface area contributed by atoms with Crippen molar-refractivity contribution in [1.29, 1.82) is 0 Å². The summed E-state index contributed by atoms with van der Waals surface area (Å²) in [7, 11) is 1.79. The van der Waals surface area contributed by atoms with Crippen LogP contribution in [0.2, 0.25) is 0 Å². The van der Waals surface area contributed by atoms with E-state index in [1.807, 2.05) is 20.8 Å². The summed E-state index contributed by atoms with van der Waals surface area (Å²) in [6.45, 7) is 7.74. The van der Waals surface area contributed by atoms with Gasteiger partial charge in [-0.05, 0) is 46.7 Å². The van der Waals surface area contributed by atoms with Gasteiger partial charge in [0.2, 0.25) is 5.95 Å². The van der Waals surface area contributed by atoms with E-state index in [0.29, 0.717) is 11.9 Å². The molecule has 7 heteroatoms. The van der Waals surface area contributed by atoms with Gasteiger partial charge in [-0.25, -0.2) is 4.68 Å². The van der Waals surface area contributed by atoms with Crippen molar-refractivity contribution >= 4 is 11.9 Å². The number of rotatable bonds is 4. The molecule has 2 heterocycles. The Morgan fingerprint density at radius 1 is 1.43 bits per heavy atom. The van der Waals surface area contributed by atoms with Crippen molar-refractivity contribution in [2.75, 3.05) is 25.0 Å². The van der Waals surface area contributed by atoms with Crippen molar-refractivity contribution in [3.05, 3.63) is 5.82 Å². The van der Waals surface area contributed by atoms with Gasteiger partial charge in [0.05, 0.1) is 5.60 Å². The summed E-state index contributed by atoms with van der Waals surface area (Å²) in [5, 5.41) is 10.5. The van der Waals surface area contributed by atoms with Gasteiger partial charge >= 0.3 is 0 Å². The number of anilines is 1. The highest BCUT2D eigenvalue weighted by Gasteiger charge is 2.21. The molecule has 0 bridgehead atoms. The lowest BCUT2D eigenvalue weighted by molar-refractivity contribution is -0.125. The fourth-order valence-corrected chi connectivity index (χ4v) is 2.21. The number of nitrogens with zero attached hydrogens (tertiary/aromatic N) is 3. The summed E-state index contributed by atoms with van der Waals surface area (Å²) in [5.74, 6) is 1.45. The Labute approximate surface area is 125 Å². The third-order valence-electron chi connectivity index (χ3n) is 3.37. The zero-order valence-corrected chi connectivity index (χ0v) is 13.3. The molecule has 0 saturated carbocycles. The molecule has 0 radical (unpaired) electrons. The number of aromatic nitrogens is 3. The van der Waals surface area contributed by atoms with E-state index in [4.69, 9.17) is 4.74 Å². The average molecular weight is 295 g/mol. The minimum absolute atomic E-state index is 0.0129. The Bertz CT molecular complexity index is 486. The first-order valence-corrected chi connectivity index (χ1v) is 7.40. The first kappa shape index (κ1) is 15.9. The smallest absolute Gasteiger partial charge is 0.252 e. The third-order valence-corrected chi connectivity index (χ3v) is 3.37. The summed E-state index contributed by atoms with van der Waals surface area (Å²) < 4.78 is 7.07. The zero-order chi connectivity index (χ0) is 15.5. The molecule has 0 atom stereocenters. The maximum atomic E-state index is 11.9. The van der Waals surface area contributed by atoms with Crippen LogP contribution >= 0.6 is 0 Å². The fraction of sp³-hybridized carbons (Fsp3) is 0.786. The monoisotopic (exact) mass is 295 g/mol. The zero-order valence-electron chi connectivity index (χ0n) is 13.3. The maximum absolute atomic E-state index is 11.9. The summed E-state index contributed by atoms with van der Waals surface area (Å²) >= 11 is 0. The van der Waals surface area contributed by atoms with Crippen molar-refractivity contribution < 1.29 is 9.53 Å². The van der Waals surface area contributed by atoms with E-state index in [1.165, 1.54) is 0 Å². The Morgan fingerprint density at radius 3 is 2.71 bits per heavy atom. The van der Waals surface area contributed by atoms with Gasteiger partial charge < -0.3 is 10.1 Å². The molecular formula is C14H25N5O2.